The van der Waals surface area contributed by atoms with Gasteiger partial charge in [0.25, 0.3) is 5.91 Å². The Hall–Kier alpha value is -2.76. The SMILES string of the molecule is C=CCNc1ncc(C(=O)NCCc2ccc(F)cc2)cn1. The van der Waals surface area contributed by atoms with E-state index in [0.29, 0.717) is 31.0 Å². The Morgan fingerprint density at radius 1 is 1.23 bits per heavy atom. The van der Waals surface area contributed by atoms with Crippen molar-refractivity contribution in [1.82, 2.24) is 15.3 Å². The van der Waals surface area contributed by atoms with Crippen molar-refractivity contribution in [3.8, 4) is 0 Å². The molecule has 0 fully saturated rings. The predicted molar refractivity (Wildman–Crippen MR) is 83.2 cm³/mol. The predicted octanol–water partition coefficient (Wildman–Crippen LogP) is 2.19. The van der Waals surface area contributed by atoms with Crippen molar-refractivity contribution >= 4 is 11.9 Å². The fourth-order valence-electron chi connectivity index (χ4n) is 1.77. The second kappa shape index (κ2) is 7.87. The lowest BCUT2D eigenvalue weighted by Crippen LogP contribution is -2.26. The van der Waals surface area contributed by atoms with Gasteiger partial charge < -0.3 is 10.6 Å². The van der Waals surface area contributed by atoms with Crippen molar-refractivity contribution in [2.45, 2.75) is 6.42 Å². The molecule has 1 aromatic carbocycles. The van der Waals surface area contributed by atoms with Crippen LogP contribution in [0.1, 0.15) is 15.9 Å². The highest BCUT2D eigenvalue weighted by Gasteiger charge is 2.06. The van der Waals surface area contributed by atoms with E-state index in [4.69, 9.17) is 0 Å². The Kier molecular flexibility index (Phi) is 5.59. The van der Waals surface area contributed by atoms with Crippen molar-refractivity contribution in [2.75, 3.05) is 18.4 Å². The summed E-state index contributed by atoms with van der Waals surface area (Å²) in [7, 11) is 0. The number of aromatic nitrogens is 2. The molecule has 0 radical (unpaired) electrons. The summed E-state index contributed by atoms with van der Waals surface area (Å²) in [6.45, 7) is 4.60. The molecule has 1 amide bonds. The number of anilines is 1. The summed E-state index contributed by atoms with van der Waals surface area (Å²) < 4.78 is 12.8. The Morgan fingerprint density at radius 3 is 2.55 bits per heavy atom. The molecule has 5 nitrogen and oxygen atoms in total. The van der Waals surface area contributed by atoms with Gasteiger partial charge in [0, 0.05) is 25.5 Å². The van der Waals surface area contributed by atoms with Gasteiger partial charge in [0.15, 0.2) is 0 Å². The molecule has 0 saturated carbocycles. The maximum absolute atomic E-state index is 12.8. The molecule has 0 spiro atoms. The van der Waals surface area contributed by atoms with E-state index in [-0.39, 0.29) is 11.7 Å². The van der Waals surface area contributed by atoms with Crippen LogP contribution < -0.4 is 10.6 Å². The van der Waals surface area contributed by atoms with E-state index in [1.165, 1.54) is 24.5 Å². The Morgan fingerprint density at radius 2 is 1.91 bits per heavy atom. The van der Waals surface area contributed by atoms with Crippen LogP contribution in [-0.2, 0) is 6.42 Å². The first-order chi connectivity index (χ1) is 10.7. The van der Waals surface area contributed by atoms with Gasteiger partial charge in [-0.15, -0.1) is 6.58 Å². The van der Waals surface area contributed by atoms with Gasteiger partial charge in [-0.05, 0) is 24.1 Å². The number of benzene rings is 1. The van der Waals surface area contributed by atoms with Crippen LogP contribution >= 0.6 is 0 Å². The van der Waals surface area contributed by atoms with Crippen LogP contribution in [-0.4, -0.2) is 29.0 Å². The van der Waals surface area contributed by atoms with Gasteiger partial charge in [-0.3, -0.25) is 4.79 Å². The zero-order valence-electron chi connectivity index (χ0n) is 12.1. The fourth-order valence-corrected chi connectivity index (χ4v) is 1.77. The number of rotatable bonds is 7. The van der Waals surface area contributed by atoms with Crippen molar-refractivity contribution < 1.29 is 9.18 Å². The van der Waals surface area contributed by atoms with Gasteiger partial charge in [-0.1, -0.05) is 18.2 Å². The lowest BCUT2D eigenvalue weighted by Gasteiger charge is -2.06. The Bertz CT molecular complexity index is 626. The maximum atomic E-state index is 12.8. The number of halogens is 1. The largest absolute Gasteiger partial charge is 0.352 e. The summed E-state index contributed by atoms with van der Waals surface area (Å²) in [5, 5.41) is 5.70. The Labute approximate surface area is 128 Å². The Balaban J connectivity index is 1.81. The van der Waals surface area contributed by atoms with Crippen LogP contribution in [0.15, 0.2) is 49.3 Å². The van der Waals surface area contributed by atoms with Gasteiger partial charge in [0.05, 0.1) is 5.56 Å². The van der Waals surface area contributed by atoms with E-state index >= 15 is 0 Å². The molecule has 22 heavy (non-hydrogen) atoms. The zero-order valence-corrected chi connectivity index (χ0v) is 12.1. The van der Waals surface area contributed by atoms with Gasteiger partial charge in [-0.25, -0.2) is 14.4 Å². The number of amides is 1. The topological polar surface area (TPSA) is 66.9 Å². The molecule has 2 aromatic rings. The fraction of sp³-hybridized carbons (Fsp3) is 0.188. The first-order valence-corrected chi connectivity index (χ1v) is 6.88. The van der Waals surface area contributed by atoms with Crippen LogP contribution in [0.3, 0.4) is 0 Å². The molecule has 0 atom stereocenters. The van der Waals surface area contributed by atoms with E-state index in [2.05, 4.69) is 27.2 Å². The van der Waals surface area contributed by atoms with Crippen molar-refractivity contribution in [2.24, 2.45) is 0 Å². The smallest absolute Gasteiger partial charge is 0.254 e. The first-order valence-electron chi connectivity index (χ1n) is 6.88. The number of hydrogen-bond acceptors (Lipinski definition) is 4. The van der Waals surface area contributed by atoms with Crippen LogP contribution in [0, 0.1) is 5.82 Å². The summed E-state index contributed by atoms with van der Waals surface area (Å²) in [6, 6.07) is 6.20. The standard InChI is InChI=1S/C16H17FN4O/c1-2-8-19-16-20-10-13(11-21-16)15(22)18-9-7-12-3-5-14(17)6-4-12/h2-6,10-11H,1,7-9H2,(H,18,22)(H,19,20,21). The van der Waals surface area contributed by atoms with Crippen molar-refractivity contribution in [1.29, 1.82) is 0 Å². The van der Waals surface area contributed by atoms with E-state index in [9.17, 15) is 9.18 Å². The third-order valence-electron chi connectivity index (χ3n) is 2.93. The maximum Gasteiger partial charge on any atom is 0.254 e. The molecular weight excluding hydrogens is 283 g/mol. The molecule has 1 aromatic heterocycles. The number of nitrogens with one attached hydrogen (secondary N) is 2. The average molecular weight is 300 g/mol. The number of nitrogens with zero attached hydrogens (tertiary/aromatic N) is 2. The number of hydrogen-bond donors (Lipinski definition) is 2. The molecule has 1 heterocycles. The molecule has 2 rings (SSSR count). The molecule has 2 N–H and O–H groups in total. The molecule has 0 saturated heterocycles. The van der Waals surface area contributed by atoms with E-state index in [1.54, 1.807) is 18.2 Å². The van der Waals surface area contributed by atoms with Crippen LogP contribution in [0.25, 0.3) is 0 Å². The van der Waals surface area contributed by atoms with Crippen LogP contribution in [0.5, 0.6) is 0 Å². The summed E-state index contributed by atoms with van der Waals surface area (Å²) in [5.74, 6) is -0.0600. The molecular formula is C16H17FN4O. The van der Waals surface area contributed by atoms with Crippen LogP contribution in [0.2, 0.25) is 0 Å². The number of carbonyl (C=O) groups excluding carboxylic acids is 1. The highest BCUT2D eigenvalue weighted by molar-refractivity contribution is 5.93. The quantitative estimate of drug-likeness (QED) is 0.769. The second-order valence-electron chi connectivity index (χ2n) is 4.60. The van der Waals surface area contributed by atoms with E-state index in [1.807, 2.05) is 0 Å². The highest BCUT2D eigenvalue weighted by Crippen LogP contribution is 2.03. The minimum Gasteiger partial charge on any atom is -0.352 e. The molecule has 0 aliphatic heterocycles. The van der Waals surface area contributed by atoms with E-state index < -0.39 is 0 Å². The van der Waals surface area contributed by atoms with Gasteiger partial charge >= 0.3 is 0 Å². The third-order valence-corrected chi connectivity index (χ3v) is 2.93. The molecule has 0 aliphatic carbocycles. The minimum atomic E-state index is -0.268. The van der Waals surface area contributed by atoms with E-state index in [0.717, 1.165) is 5.56 Å². The summed E-state index contributed by atoms with van der Waals surface area (Å²) >= 11 is 0. The van der Waals surface area contributed by atoms with Crippen molar-refractivity contribution in [3.63, 3.8) is 0 Å². The van der Waals surface area contributed by atoms with Crippen LogP contribution in [0.4, 0.5) is 10.3 Å². The molecule has 0 aliphatic rings. The first kappa shape index (κ1) is 15.6. The summed E-state index contributed by atoms with van der Waals surface area (Å²) in [6.07, 6.45) is 5.25. The lowest BCUT2D eigenvalue weighted by atomic mass is 10.1. The lowest BCUT2D eigenvalue weighted by molar-refractivity contribution is 0.0953. The molecule has 114 valence electrons. The third kappa shape index (κ3) is 4.66. The van der Waals surface area contributed by atoms with Crippen molar-refractivity contribution in [3.05, 3.63) is 66.3 Å². The van der Waals surface area contributed by atoms with Gasteiger partial charge in [-0.2, -0.15) is 0 Å². The average Bonchev–Trinajstić information content (AvgIpc) is 2.55. The zero-order chi connectivity index (χ0) is 15.8. The second-order valence-corrected chi connectivity index (χ2v) is 4.60. The number of carbonyl (C=O) groups is 1. The summed E-state index contributed by atoms with van der Waals surface area (Å²) in [5.41, 5.74) is 1.35. The van der Waals surface area contributed by atoms with Gasteiger partial charge in [0.1, 0.15) is 5.82 Å². The normalized spacial score (nSPS) is 10.0. The highest BCUT2D eigenvalue weighted by atomic mass is 19.1. The minimum absolute atomic E-state index is 0.239. The molecule has 0 bridgehead atoms. The summed E-state index contributed by atoms with van der Waals surface area (Å²) in [4.78, 5) is 20.0. The monoisotopic (exact) mass is 300 g/mol. The van der Waals surface area contributed by atoms with Gasteiger partial charge in [0.2, 0.25) is 5.95 Å². The molecule has 6 heteroatoms. The molecule has 0 unspecified atom stereocenters.